The molecule has 1 nitrogen and oxygen atoms in total. The Morgan fingerprint density at radius 2 is 2.35 bits per heavy atom. The fourth-order valence-corrected chi connectivity index (χ4v) is 3.58. The van der Waals surface area contributed by atoms with E-state index in [1.54, 1.807) is 5.57 Å². The summed E-state index contributed by atoms with van der Waals surface area (Å²) < 4.78 is 0. The van der Waals surface area contributed by atoms with Gasteiger partial charge in [0, 0.05) is 10.9 Å². The average molecular weight is 249 g/mol. The van der Waals surface area contributed by atoms with Gasteiger partial charge in [-0.1, -0.05) is 24.6 Å². The van der Waals surface area contributed by atoms with Gasteiger partial charge in [0.2, 0.25) is 0 Å². The van der Waals surface area contributed by atoms with Gasteiger partial charge >= 0.3 is 0 Å². The van der Waals surface area contributed by atoms with E-state index in [0.717, 1.165) is 18.4 Å². The minimum Gasteiger partial charge on any atom is -0.309 e. The molecule has 1 N–H and O–H groups in total. The Kier molecular flexibility index (Phi) is 4.41. The van der Waals surface area contributed by atoms with Gasteiger partial charge in [-0.2, -0.15) is 0 Å². The Morgan fingerprint density at radius 3 is 3.00 bits per heavy atom. The summed E-state index contributed by atoms with van der Waals surface area (Å²) in [6, 6.07) is 4.85. The molecule has 2 rings (SSSR count). The van der Waals surface area contributed by atoms with E-state index >= 15 is 0 Å². The molecule has 0 radical (unpaired) electrons. The van der Waals surface area contributed by atoms with Crippen molar-refractivity contribution in [3.63, 3.8) is 0 Å². The highest BCUT2D eigenvalue weighted by atomic mass is 32.1. The molecule has 0 spiro atoms. The van der Waals surface area contributed by atoms with Crippen LogP contribution >= 0.6 is 11.3 Å². The van der Waals surface area contributed by atoms with Gasteiger partial charge in [-0.05, 0) is 56.5 Å². The molecule has 2 unspecified atom stereocenters. The SMILES string of the molecule is CC1=CC(C)CC(CN[C@H](C)c2cccs2)C1. The van der Waals surface area contributed by atoms with E-state index in [0.29, 0.717) is 6.04 Å². The topological polar surface area (TPSA) is 12.0 Å². The molecule has 17 heavy (non-hydrogen) atoms. The number of hydrogen-bond acceptors (Lipinski definition) is 2. The van der Waals surface area contributed by atoms with Gasteiger partial charge in [-0.15, -0.1) is 11.3 Å². The van der Waals surface area contributed by atoms with Gasteiger partial charge in [0.15, 0.2) is 0 Å². The number of allylic oxidation sites excluding steroid dienone is 2. The van der Waals surface area contributed by atoms with Crippen molar-refractivity contribution in [3.05, 3.63) is 34.0 Å². The van der Waals surface area contributed by atoms with Crippen molar-refractivity contribution in [2.75, 3.05) is 6.54 Å². The summed E-state index contributed by atoms with van der Waals surface area (Å²) in [6.45, 7) is 8.01. The van der Waals surface area contributed by atoms with Crippen LogP contribution in [0.25, 0.3) is 0 Å². The van der Waals surface area contributed by atoms with Crippen molar-refractivity contribution >= 4 is 11.3 Å². The smallest absolute Gasteiger partial charge is 0.0386 e. The molecule has 1 heterocycles. The highest BCUT2D eigenvalue weighted by molar-refractivity contribution is 7.10. The average Bonchev–Trinajstić information content (AvgIpc) is 2.78. The van der Waals surface area contributed by atoms with Gasteiger partial charge in [0.1, 0.15) is 0 Å². The predicted octanol–water partition coefficient (Wildman–Crippen LogP) is 4.39. The zero-order valence-electron chi connectivity index (χ0n) is 11.1. The highest BCUT2D eigenvalue weighted by Gasteiger charge is 2.18. The summed E-state index contributed by atoms with van der Waals surface area (Å²) in [7, 11) is 0. The van der Waals surface area contributed by atoms with Crippen LogP contribution in [0.15, 0.2) is 29.2 Å². The van der Waals surface area contributed by atoms with E-state index in [-0.39, 0.29) is 0 Å². The van der Waals surface area contributed by atoms with Crippen LogP contribution in [0.1, 0.15) is 44.5 Å². The number of nitrogens with one attached hydrogen (secondary N) is 1. The molecule has 2 heteroatoms. The molecular formula is C15H23NS. The molecule has 1 aliphatic carbocycles. The van der Waals surface area contributed by atoms with Gasteiger partial charge in [0.05, 0.1) is 0 Å². The third-order valence-corrected chi connectivity index (χ3v) is 4.62. The first-order valence-corrected chi connectivity index (χ1v) is 7.47. The normalized spacial score (nSPS) is 26.6. The molecule has 0 saturated carbocycles. The van der Waals surface area contributed by atoms with Crippen LogP contribution in [-0.2, 0) is 0 Å². The monoisotopic (exact) mass is 249 g/mol. The van der Waals surface area contributed by atoms with Crippen molar-refractivity contribution < 1.29 is 0 Å². The van der Waals surface area contributed by atoms with Crippen molar-refractivity contribution in [3.8, 4) is 0 Å². The van der Waals surface area contributed by atoms with Gasteiger partial charge < -0.3 is 5.32 Å². The molecule has 1 aliphatic rings. The fraction of sp³-hybridized carbons (Fsp3) is 0.600. The minimum absolute atomic E-state index is 0.497. The van der Waals surface area contributed by atoms with Crippen molar-refractivity contribution in [1.29, 1.82) is 0 Å². The zero-order chi connectivity index (χ0) is 12.3. The molecule has 94 valence electrons. The lowest BCUT2D eigenvalue weighted by atomic mass is 9.83. The lowest BCUT2D eigenvalue weighted by molar-refractivity contribution is 0.368. The molecular weight excluding hydrogens is 226 g/mol. The van der Waals surface area contributed by atoms with Gasteiger partial charge in [-0.3, -0.25) is 0 Å². The van der Waals surface area contributed by atoms with Crippen LogP contribution in [0.4, 0.5) is 0 Å². The largest absolute Gasteiger partial charge is 0.309 e. The Morgan fingerprint density at radius 1 is 1.53 bits per heavy atom. The maximum absolute atomic E-state index is 3.68. The van der Waals surface area contributed by atoms with Gasteiger partial charge in [0.25, 0.3) is 0 Å². The molecule has 3 atom stereocenters. The summed E-state index contributed by atoms with van der Waals surface area (Å²) >= 11 is 1.84. The molecule has 0 aromatic carbocycles. The first-order valence-electron chi connectivity index (χ1n) is 6.59. The minimum atomic E-state index is 0.497. The summed E-state index contributed by atoms with van der Waals surface area (Å²) in [5.74, 6) is 1.57. The van der Waals surface area contributed by atoms with Crippen molar-refractivity contribution in [1.82, 2.24) is 5.32 Å². The van der Waals surface area contributed by atoms with E-state index in [1.807, 2.05) is 11.3 Å². The van der Waals surface area contributed by atoms with Gasteiger partial charge in [-0.25, -0.2) is 0 Å². The molecule has 0 fully saturated rings. The summed E-state index contributed by atoms with van der Waals surface area (Å²) in [4.78, 5) is 1.45. The van der Waals surface area contributed by atoms with Crippen LogP contribution in [0.5, 0.6) is 0 Å². The fourth-order valence-electron chi connectivity index (χ4n) is 2.82. The van der Waals surface area contributed by atoms with Crippen molar-refractivity contribution in [2.45, 2.75) is 39.7 Å². The standard InChI is InChI=1S/C15H23NS/c1-11-7-12(2)9-14(8-11)10-16-13(3)15-5-4-6-17-15/h4-7,11,13-14,16H,8-10H2,1-3H3/t11?,13-,14?/m1/s1. The zero-order valence-corrected chi connectivity index (χ0v) is 11.9. The van der Waals surface area contributed by atoms with Crippen LogP contribution in [0.3, 0.4) is 0 Å². The Balaban J connectivity index is 1.81. The maximum atomic E-state index is 3.68. The molecule has 1 aromatic heterocycles. The number of hydrogen-bond donors (Lipinski definition) is 1. The molecule has 0 bridgehead atoms. The molecule has 0 amide bonds. The van der Waals surface area contributed by atoms with Crippen LogP contribution < -0.4 is 5.32 Å². The third-order valence-electron chi connectivity index (χ3n) is 3.57. The maximum Gasteiger partial charge on any atom is 0.0386 e. The van der Waals surface area contributed by atoms with E-state index in [4.69, 9.17) is 0 Å². The van der Waals surface area contributed by atoms with Crippen LogP contribution in [-0.4, -0.2) is 6.54 Å². The number of thiophene rings is 1. The van der Waals surface area contributed by atoms with Crippen LogP contribution in [0.2, 0.25) is 0 Å². The Labute approximate surface area is 109 Å². The molecule has 1 aromatic rings. The first kappa shape index (κ1) is 12.8. The van der Waals surface area contributed by atoms with E-state index < -0.39 is 0 Å². The van der Waals surface area contributed by atoms with Crippen molar-refractivity contribution in [2.24, 2.45) is 11.8 Å². The quantitative estimate of drug-likeness (QED) is 0.780. The lowest BCUT2D eigenvalue weighted by Crippen LogP contribution is -2.28. The highest BCUT2D eigenvalue weighted by Crippen LogP contribution is 2.28. The first-order chi connectivity index (χ1) is 8.15. The second-order valence-corrected chi connectivity index (χ2v) is 6.42. The number of rotatable bonds is 4. The van der Waals surface area contributed by atoms with E-state index in [9.17, 15) is 0 Å². The summed E-state index contributed by atoms with van der Waals surface area (Å²) in [5.41, 5.74) is 1.57. The van der Waals surface area contributed by atoms with E-state index in [2.05, 4.69) is 49.7 Å². The predicted molar refractivity (Wildman–Crippen MR) is 76.4 cm³/mol. The Bertz CT molecular complexity index is 366. The Hall–Kier alpha value is -0.600. The van der Waals surface area contributed by atoms with E-state index in [1.165, 1.54) is 17.7 Å². The summed E-state index contributed by atoms with van der Waals surface area (Å²) in [5, 5.41) is 5.83. The second kappa shape index (κ2) is 5.83. The summed E-state index contributed by atoms with van der Waals surface area (Å²) in [6.07, 6.45) is 5.04. The second-order valence-electron chi connectivity index (χ2n) is 5.44. The lowest BCUT2D eigenvalue weighted by Gasteiger charge is -2.27. The van der Waals surface area contributed by atoms with Crippen LogP contribution in [0, 0.1) is 11.8 Å². The molecule has 0 saturated heterocycles. The molecule has 0 aliphatic heterocycles. The third kappa shape index (κ3) is 3.68.